The molecule has 0 aliphatic carbocycles. The van der Waals surface area contributed by atoms with Crippen molar-refractivity contribution in [2.24, 2.45) is 0 Å². The molecule has 0 aliphatic heterocycles. The molecular weight excluding hydrogens is 641 g/mol. The highest BCUT2D eigenvalue weighted by atomic mass is 16.5. The molecule has 0 heterocycles. The van der Waals surface area contributed by atoms with Crippen molar-refractivity contribution in [3.63, 3.8) is 0 Å². The molecule has 0 unspecified atom stereocenters. The first-order valence-electron chi connectivity index (χ1n) is 23.1. The third-order valence-corrected chi connectivity index (χ3v) is 10.2. The fraction of sp³-hybridized carbons (Fsp3) is 0.875. The number of carbonyl (C=O) groups excluding carboxylic acids is 2. The van der Waals surface area contributed by atoms with E-state index in [2.05, 4.69) is 13.2 Å². The summed E-state index contributed by atoms with van der Waals surface area (Å²) in [6.07, 6.45) is 53.8. The van der Waals surface area contributed by atoms with Gasteiger partial charge in [-0.15, -0.1) is 13.2 Å². The van der Waals surface area contributed by atoms with Crippen LogP contribution in [-0.4, -0.2) is 25.2 Å². The molecular formula is C48H92O4. The molecule has 0 N–H and O–H groups in total. The molecule has 0 saturated carbocycles. The monoisotopic (exact) mass is 733 g/mol. The Morgan fingerprint density at radius 1 is 0.327 bits per heavy atom. The van der Waals surface area contributed by atoms with E-state index >= 15 is 0 Å². The number of hydrogen-bond acceptors (Lipinski definition) is 4. The molecule has 0 fully saturated rings. The van der Waals surface area contributed by atoms with Crippen molar-refractivity contribution in [1.29, 1.82) is 0 Å². The summed E-state index contributed by atoms with van der Waals surface area (Å²) in [7, 11) is 0. The summed E-state index contributed by atoms with van der Waals surface area (Å²) in [5, 5.41) is 0. The summed E-state index contributed by atoms with van der Waals surface area (Å²) in [4.78, 5) is 22.4. The second-order valence-electron chi connectivity index (χ2n) is 15.3. The van der Waals surface area contributed by atoms with Crippen molar-refractivity contribution in [2.45, 2.75) is 258 Å². The molecule has 0 aromatic rings. The molecule has 0 atom stereocenters. The Kier molecular flexibility index (Phi) is 49.9. The number of carbonyl (C=O) groups is 2. The molecule has 0 aromatic carbocycles. The van der Waals surface area contributed by atoms with E-state index in [4.69, 9.17) is 9.47 Å². The van der Waals surface area contributed by atoms with Crippen LogP contribution in [0.5, 0.6) is 0 Å². The smallest absolute Gasteiger partial charge is 0.305 e. The molecule has 0 rings (SSSR count). The lowest BCUT2D eigenvalue weighted by atomic mass is 10.0. The molecule has 0 radical (unpaired) electrons. The van der Waals surface area contributed by atoms with Gasteiger partial charge in [0.25, 0.3) is 0 Å². The van der Waals surface area contributed by atoms with Crippen LogP contribution in [0.4, 0.5) is 0 Å². The maximum atomic E-state index is 11.2. The minimum atomic E-state index is -0.0315. The van der Waals surface area contributed by atoms with Gasteiger partial charge in [0.05, 0.1) is 13.2 Å². The third-order valence-electron chi connectivity index (χ3n) is 10.2. The number of ether oxygens (including phenoxy) is 2. The van der Waals surface area contributed by atoms with E-state index in [9.17, 15) is 9.59 Å². The van der Waals surface area contributed by atoms with Crippen LogP contribution in [-0.2, 0) is 19.1 Å². The van der Waals surface area contributed by atoms with Crippen LogP contribution in [0.2, 0.25) is 0 Å². The molecule has 0 amide bonds. The van der Waals surface area contributed by atoms with Crippen LogP contribution >= 0.6 is 0 Å². The van der Waals surface area contributed by atoms with Crippen LogP contribution < -0.4 is 0 Å². The fourth-order valence-corrected chi connectivity index (χ4v) is 6.89. The average Bonchev–Trinajstić information content (AvgIpc) is 3.14. The molecule has 52 heavy (non-hydrogen) atoms. The summed E-state index contributed by atoms with van der Waals surface area (Å²) in [6, 6.07) is 0. The van der Waals surface area contributed by atoms with E-state index in [1.165, 1.54) is 218 Å². The topological polar surface area (TPSA) is 52.6 Å². The number of unbranched alkanes of at least 4 members (excludes halogenated alkanes) is 34. The van der Waals surface area contributed by atoms with E-state index in [-0.39, 0.29) is 11.9 Å². The standard InChI is InChI=1S/2C24H46O2/c2*1-3-5-6-7-8-9-10-11-12-13-14-15-16-17-18-19-20-21-22-23-24(25)26-4-2/h2*3H,1,4-23H2,2H3. The van der Waals surface area contributed by atoms with Gasteiger partial charge in [0.15, 0.2) is 0 Å². The van der Waals surface area contributed by atoms with E-state index in [0.717, 1.165) is 12.8 Å². The first-order valence-corrected chi connectivity index (χ1v) is 23.1. The zero-order valence-corrected chi connectivity index (χ0v) is 35.5. The second kappa shape index (κ2) is 49.4. The number of rotatable bonds is 42. The molecule has 0 spiro atoms. The first-order chi connectivity index (χ1) is 25.6. The van der Waals surface area contributed by atoms with Crippen LogP contribution in [0.15, 0.2) is 25.3 Å². The van der Waals surface area contributed by atoms with Gasteiger partial charge in [0, 0.05) is 12.8 Å². The van der Waals surface area contributed by atoms with Gasteiger partial charge in [-0.3, -0.25) is 9.59 Å². The van der Waals surface area contributed by atoms with E-state index in [1.807, 2.05) is 26.0 Å². The van der Waals surface area contributed by atoms with Crippen LogP contribution in [0.25, 0.3) is 0 Å². The summed E-state index contributed by atoms with van der Waals surface area (Å²) < 4.78 is 9.87. The van der Waals surface area contributed by atoms with Crippen molar-refractivity contribution < 1.29 is 19.1 Å². The lowest BCUT2D eigenvalue weighted by Crippen LogP contribution is -2.03. The number of esters is 2. The summed E-state index contributed by atoms with van der Waals surface area (Å²) >= 11 is 0. The average molecular weight is 733 g/mol. The van der Waals surface area contributed by atoms with E-state index in [1.54, 1.807) is 0 Å². The van der Waals surface area contributed by atoms with Gasteiger partial charge in [-0.2, -0.15) is 0 Å². The Morgan fingerprint density at radius 2 is 0.500 bits per heavy atom. The van der Waals surface area contributed by atoms with Crippen LogP contribution in [0.1, 0.15) is 258 Å². The summed E-state index contributed by atoms with van der Waals surface area (Å²) in [5.74, 6) is -0.0629. The predicted molar refractivity (Wildman–Crippen MR) is 229 cm³/mol. The minimum Gasteiger partial charge on any atom is -0.466 e. The molecule has 308 valence electrons. The molecule has 0 bridgehead atoms. The van der Waals surface area contributed by atoms with Crippen LogP contribution in [0, 0.1) is 0 Å². The maximum absolute atomic E-state index is 11.2. The Labute approximate surface area is 326 Å². The van der Waals surface area contributed by atoms with Crippen molar-refractivity contribution in [3.8, 4) is 0 Å². The lowest BCUT2D eigenvalue weighted by Gasteiger charge is -2.04. The summed E-state index contributed by atoms with van der Waals surface area (Å²) in [5.41, 5.74) is 0. The second-order valence-corrected chi connectivity index (χ2v) is 15.3. The van der Waals surface area contributed by atoms with Gasteiger partial charge in [-0.25, -0.2) is 0 Å². The zero-order valence-electron chi connectivity index (χ0n) is 35.5. The highest BCUT2D eigenvalue weighted by Crippen LogP contribution is 2.16. The van der Waals surface area contributed by atoms with Gasteiger partial charge in [0.2, 0.25) is 0 Å². The lowest BCUT2D eigenvalue weighted by molar-refractivity contribution is -0.144. The van der Waals surface area contributed by atoms with E-state index in [0.29, 0.717) is 26.1 Å². The Bertz CT molecular complexity index is 657. The quantitative estimate of drug-likeness (QED) is 0.0356. The van der Waals surface area contributed by atoms with Crippen molar-refractivity contribution in [2.75, 3.05) is 13.2 Å². The van der Waals surface area contributed by atoms with Crippen molar-refractivity contribution in [1.82, 2.24) is 0 Å². The van der Waals surface area contributed by atoms with Gasteiger partial charge in [-0.1, -0.05) is 205 Å². The molecule has 0 aliphatic rings. The molecule has 4 heteroatoms. The fourth-order valence-electron chi connectivity index (χ4n) is 6.89. The molecule has 0 saturated heterocycles. The van der Waals surface area contributed by atoms with Crippen molar-refractivity contribution >= 4 is 11.9 Å². The third kappa shape index (κ3) is 50.5. The largest absolute Gasteiger partial charge is 0.466 e. The predicted octanol–water partition coefficient (Wildman–Crippen LogP) is 16.3. The van der Waals surface area contributed by atoms with E-state index < -0.39 is 0 Å². The highest BCUT2D eigenvalue weighted by molar-refractivity contribution is 5.69. The Balaban J connectivity index is 0. The number of allylic oxidation sites excluding steroid dienone is 2. The maximum Gasteiger partial charge on any atom is 0.305 e. The van der Waals surface area contributed by atoms with Crippen molar-refractivity contribution in [3.05, 3.63) is 25.3 Å². The van der Waals surface area contributed by atoms with Gasteiger partial charge in [0.1, 0.15) is 0 Å². The minimum absolute atomic E-state index is 0.0315. The van der Waals surface area contributed by atoms with Gasteiger partial charge in [-0.05, 0) is 52.4 Å². The summed E-state index contributed by atoms with van der Waals surface area (Å²) in [6.45, 7) is 12.3. The Hall–Kier alpha value is -1.58. The van der Waals surface area contributed by atoms with Gasteiger partial charge < -0.3 is 9.47 Å². The van der Waals surface area contributed by atoms with Gasteiger partial charge >= 0.3 is 11.9 Å². The highest BCUT2D eigenvalue weighted by Gasteiger charge is 2.02. The zero-order chi connectivity index (χ0) is 38.3. The SMILES string of the molecule is C=CCCCCCCCCCCCCCCCCCCCC(=O)OCC.C=CCCCCCCCCCCCCCCCCCCCC(=O)OCC. The molecule has 4 nitrogen and oxygen atoms in total. The first kappa shape index (κ1) is 52.5. The number of hydrogen-bond donors (Lipinski definition) is 0. The Morgan fingerprint density at radius 3 is 0.673 bits per heavy atom. The molecule has 0 aromatic heterocycles. The normalized spacial score (nSPS) is 10.8. The van der Waals surface area contributed by atoms with Crippen LogP contribution in [0.3, 0.4) is 0 Å².